The Labute approximate surface area is 120 Å². The molecule has 0 unspecified atom stereocenters. The van der Waals surface area contributed by atoms with Gasteiger partial charge in [0.05, 0.1) is 0 Å². The van der Waals surface area contributed by atoms with E-state index >= 15 is 0 Å². The maximum atomic E-state index is 13.9. The number of rotatable bonds is 5. The first-order valence-electron chi connectivity index (χ1n) is 6.76. The third-order valence-corrected chi connectivity index (χ3v) is 3.28. The summed E-state index contributed by atoms with van der Waals surface area (Å²) in [5, 5.41) is 3.19. The Morgan fingerprint density at radius 1 is 1.05 bits per heavy atom. The lowest BCUT2D eigenvalue weighted by Gasteiger charge is -2.13. The van der Waals surface area contributed by atoms with Crippen molar-refractivity contribution in [1.82, 2.24) is 5.32 Å². The molecule has 0 aromatic heterocycles. The Hall–Kier alpha value is -2.01. The summed E-state index contributed by atoms with van der Waals surface area (Å²) in [6.07, 6.45) is 2.17. The summed E-state index contributed by atoms with van der Waals surface area (Å²) in [6, 6.07) is 7.72. The normalized spacial score (nSPS) is 14.2. The Bertz CT molecular complexity index is 636. The van der Waals surface area contributed by atoms with E-state index in [1.807, 2.05) is 0 Å². The predicted octanol–water partition coefficient (Wildman–Crippen LogP) is 4.15. The van der Waals surface area contributed by atoms with Crippen LogP contribution < -0.4 is 10.1 Å². The lowest BCUT2D eigenvalue weighted by atomic mass is 10.2. The fraction of sp³-hybridized carbons (Fsp3) is 0.250. The van der Waals surface area contributed by atoms with Crippen molar-refractivity contribution >= 4 is 0 Å². The van der Waals surface area contributed by atoms with Gasteiger partial charge >= 0.3 is 0 Å². The van der Waals surface area contributed by atoms with E-state index < -0.39 is 17.5 Å². The van der Waals surface area contributed by atoms with Crippen LogP contribution >= 0.6 is 0 Å². The molecule has 5 heteroatoms. The van der Waals surface area contributed by atoms with E-state index in [-0.39, 0.29) is 11.5 Å². The average Bonchev–Trinajstić information content (AvgIpc) is 3.21. The first-order chi connectivity index (χ1) is 10.1. The molecule has 2 nitrogen and oxygen atoms in total. The fourth-order valence-corrected chi connectivity index (χ4v) is 2.05. The summed E-state index contributed by atoms with van der Waals surface area (Å²) >= 11 is 0. The van der Waals surface area contributed by atoms with Crippen LogP contribution in [0.25, 0.3) is 0 Å². The van der Waals surface area contributed by atoms with Crippen LogP contribution in [-0.4, -0.2) is 6.04 Å². The summed E-state index contributed by atoms with van der Waals surface area (Å²) < 4.78 is 45.7. The fourth-order valence-electron chi connectivity index (χ4n) is 2.05. The maximum Gasteiger partial charge on any atom is 0.134 e. The molecule has 1 aliphatic rings. The van der Waals surface area contributed by atoms with Crippen molar-refractivity contribution in [1.29, 1.82) is 0 Å². The van der Waals surface area contributed by atoms with E-state index in [1.54, 1.807) is 6.07 Å². The van der Waals surface area contributed by atoms with Gasteiger partial charge in [0.15, 0.2) is 0 Å². The van der Waals surface area contributed by atoms with Crippen LogP contribution in [-0.2, 0) is 6.54 Å². The predicted molar refractivity (Wildman–Crippen MR) is 72.7 cm³/mol. The van der Waals surface area contributed by atoms with Gasteiger partial charge in [0.1, 0.15) is 29.0 Å². The third-order valence-electron chi connectivity index (χ3n) is 3.28. The molecule has 1 N–H and O–H groups in total. The van der Waals surface area contributed by atoms with Crippen molar-refractivity contribution in [3.05, 3.63) is 59.4 Å². The van der Waals surface area contributed by atoms with Crippen molar-refractivity contribution < 1.29 is 17.9 Å². The van der Waals surface area contributed by atoms with Crippen LogP contribution in [0.15, 0.2) is 36.4 Å². The van der Waals surface area contributed by atoms with Crippen molar-refractivity contribution in [3.63, 3.8) is 0 Å². The quantitative estimate of drug-likeness (QED) is 0.894. The molecule has 0 atom stereocenters. The molecule has 0 saturated heterocycles. The Morgan fingerprint density at radius 2 is 1.76 bits per heavy atom. The second-order valence-corrected chi connectivity index (χ2v) is 5.08. The molecule has 0 aliphatic heterocycles. The van der Waals surface area contributed by atoms with Crippen molar-refractivity contribution in [3.8, 4) is 11.5 Å². The second-order valence-electron chi connectivity index (χ2n) is 5.08. The van der Waals surface area contributed by atoms with Gasteiger partial charge in [-0.25, -0.2) is 13.2 Å². The van der Waals surface area contributed by atoms with E-state index in [2.05, 4.69) is 5.32 Å². The molecule has 1 aliphatic carbocycles. The minimum Gasteiger partial charge on any atom is -0.457 e. The number of hydrogen-bond donors (Lipinski definition) is 1. The number of ether oxygens (including phenoxy) is 1. The first-order valence-corrected chi connectivity index (χ1v) is 6.76. The highest BCUT2D eigenvalue weighted by atomic mass is 19.1. The first kappa shape index (κ1) is 13.9. The summed E-state index contributed by atoms with van der Waals surface area (Å²) in [5.74, 6) is -1.62. The number of benzene rings is 2. The van der Waals surface area contributed by atoms with E-state index in [0.29, 0.717) is 18.2 Å². The molecule has 1 saturated carbocycles. The molecule has 0 amide bonds. The van der Waals surface area contributed by atoms with E-state index in [1.165, 1.54) is 12.1 Å². The van der Waals surface area contributed by atoms with Gasteiger partial charge in [0, 0.05) is 36.3 Å². The SMILES string of the molecule is Fc1cc(F)cc(Oc2cccc(F)c2CNC2CC2)c1. The highest BCUT2D eigenvalue weighted by Gasteiger charge is 2.21. The minimum atomic E-state index is -0.737. The molecule has 110 valence electrons. The Morgan fingerprint density at radius 3 is 2.43 bits per heavy atom. The van der Waals surface area contributed by atoms with Crippen molar-refractivity contribution in [2.75, 3.05) is 0 Å². The van der Waals surface area contributed by atoms with Crippen LogP contribution in [0.2, 0.25) is 0 Å². The van der Waals surface area contributed by atoms with Crippen molar-refractivity contribution in [2.45, 2.75) is 25.4 Å². The van der Waals surface area contributed by atoms with Crippen LogP contribution in [0.5, 0.6) is 11.5 Å². The lowest BCUT2D eigenvalue weighted by molar-refractivity contribution is 0.451. The summed E-state index contributed by atoms with van der Waals surface area (Å²) in [5.41, 5.74) is 0.356. The highest BCUT2D eigenvalue weighted by Crippen LogP contribution is 2.29. The average molecular weight is 293 g/mol. The summed E-state index contributed by atoms with van der Waals surface area (Å²) in [7, 11) is 0. The summed E-state index contributed by atoms with van der Waals surface area (Å²) in [6.45, 7) is 0.324. The zero-order valence-corrected chi connectivity index (χ0v) is 11.2. The molecule has 0 radical (unpaired) electrons. The van der Waals surface area contributed by atoms with E-state index in [9.17, 15) is 13.2 Å². The molecular formula is C16H14F3NO. The third kappa shape index (κ3) is 3.55. The summed E-state index contributed by atoms with van der Waals surface area (Å²) in [4.78, 5) is 0. The molecule has 21 heavy (non-hydrogen) atoms. The van der Waals surface area contributed by atoms with Gasteiger partial charge in [0.25, 0.3) is 0 Å². The van der Waals surface area contributed by atoms with Crippen LogP contribution in [0, 0.1) is 17.5 Å². The van der Waals surface area contributed by atoms with E-state index in [4.69, 9.17) is 4.74 Å². The molecule has 2 aromatic carbocycles. The standard InChI is InChI=1S/C16H14F3NO/c17-10-6-11(18)8-13(7-10)21-16-3-1-2-15(19)14(16)9-20-12-4-5-12/h1-3,6-8,12,20H,4-5,9H2. The van der Waals surface area contributed by atoms with Gasteiger partial charge in [-0.3, -0.25) is 0 Å². The monoisotopic (exact) mass is 293 g/mol. The lowest BCUT2D eigenvalue weighted by Crippen LogP contribution is -2.16. The highest BCUT2D eigenvalue weighted by molar-refractivity contribution is 5.39. The van der Waals surface area contributed by atoms with E-state index in [0.717, 1.165) is 31.0 Å². The molecule has 1 fully saturated rings. The van der Waals surface area contributed by atoms with Crippen molar-refractivity contribution in [2.24, 2.45) is 0 Å². The van der Waals surface area contributed by atoms with Crippen LogP contribution in [0.1, 0.15) is 18.4 Å². The van der Waals surface area contributed by atoms with Gasteiger partial charge < -0.3 is 10.1 Å². The smallest absolute Gasteiger partial charge is 0.134 e. The molecular weight excluding hydrogens is 279 g/mol. The van der Waals surface area contributed by atoms with Crippen LogP contribution in [0.3, 0.4) is 0 Å². The van der Waals surface area contributed by atoms with Gasteiger partial charge in [-0.05, 0) is 25.0 Å². The Balaban J connectivity index is 1.84. The number of nitrogens with one attached hydrogen (secondary N) is 1. The number of hydrogen-bond acceptors (Lipinski definition) is 2. The zero-order valence-electron chi connectivity index (χ0n) is 11.2. The molecule has 0 bridgehead atoms. The Kier molecular flexibility index (Phi) is 3.84. The molecule has 0 heterocycles. The maximum absolute atomic E-state index is 13.9. The van der Waals surface area contributed by atoms with Gasteiger partial charge in [-0.15, -0.1) is 0 Å². The second kappa shape index (κ2) is 5.77. The van der Waals surface area contributed by atoms with Gasteiger partial charge in [-0.2, -0.15) is 0 Å². The van der Waals surface area contributed by atoms with Gasteiger partial charge in [-0.1, -0.05) is 6.07 Å². The topological polar surface area (TPSA) is 21.3 Å². The molecule has 3 rings (SSSR count). The molecule has 0 spiro atoms. The zero-order chi connectivity index (χ0) is 14.8. The van der Waals surface area contributed by atoms with Gasteiger partial charge in [0.2, 0.25) is 0 Å². The largest absolute Gasteiger partial charge is 0.457 e. The molecule has 2 aromatic rings. The number of halogens is 3. The minimum absolute atomic E-state index is 0.00534. The van der Waals surface area contributed by atoms with Crippen LogP contribution in [0.4, 0.5) is 13.2 Å².